The maximum atomic E-state index is 14.3. The lowest BCUT2D eigenvalue weighted by Crippen LogP contribution is -2.35. The number of amides is 2. The molecule has 0 N–H and O–H groups in total. The van der Waals surface area contributed by atoms with Gasteiger partial charge in [-0.2, -0.15) is 0 Å². The third-order valence-electron chi connectivity index (χ3n) is 4.92. The van der Waals surface area contributed by atoms with E-state index in [4.69, 9.17) is 0 Å². The lowest BCUT2D eigenvalue weighted by Gasteiger charge is -2.20. The van der Waals surface area contributed by atoms with Crippen LogP contribution in [0.5, 0.6) is 0 Å². The summed E-state index contributed by atoms with van der Waals surface area (Å²) in [4.78, 5) is 29.2. The molecule has 2 aliphatic heterocycles. The molecule has 0 radical (unpaired) electrons. The van der Waals surface area contributed by atoms with Crippen LogP contribution in [-0.2, 0) is 9.59 Å². The Morgan fingerprint density at radius 2 is 1.54 bits per heavy atom. The molecule has 1 fully saturated rings. The van der Waals surface area contributed by atoms with E-state index in [1.54, 1.807) is 12.1 Å². The van der Waals surface area contributed by atoms with Crippen molar-refractivity contribution in [3.63, 3.8) is 0 Å². The normalized spacial score (nSPS) is 17.6. The van der Waals surface area contributed by atoms with Crippen molar-refractivity contribution in [2.45, 2.75) is 19.8 Å². The molecule has 4 nitrogen and oxygen atoms in total. The first-order chi connectivity index (χ1) is 12.6. The predicted molar refractivity (Wildman–Crippen MR) is 97.8 cm³/mol. The summed E-state index contributed by atoms with van der Waals surface area (Å²) in [5, 5.41) is 0. The number of para-hydroxylation sites is 1. The van der Waals surface area contributed by atoms with Crippen LogP contribution in [0.1, 0.15) is 24.0 Å². The van der Waals surface area contributed by atoms with E-state index in [0.717, 1.165) is 36.4 Å². The van der Waals surface area contributed by atoms with Gasteiger partial charge in [0.25, 0.3) is 11.8 Å². The van der Waals surface area contributed by atoms with Gasteiger partial charge in [0.15, 0.2) is 0 Å². The molecule has 26 heavy (non-hydrogen) atoms. The predicted octanol–water partition coefficient (Wildman–Crippen LogP) is 3.51. The summed E-state index contributed by atoms with van der Waals surface area (Å²) in [6.07, 6.45) is 1.96. The van der Waals surface area contributed by atoms with Crippen molar-refractivity contribution in [1.29, 1.82) is 0 Å². The van der Waals surface area contributed by atoms with Crippen LogP contribution in [0, 0.1) is 12.7 Å². The van der Waals surface area contributed by atoms with Crippen LogP contribution in [-0.4, -0.2) is 29.8 Å². The number of likely N-dealkylation sites (tertiary alicyclic amines) is 1. The molecule has 4 rings (SSSR count). The Hall–Kier alpha value is -2.95. The van der Waals surface area contributed by atoms with Crippen molar-refractivity contribution in [3.05, 3.63) is 71.2 Å². The topological polar surface area (TPSA) is 40.6 Å². The lowest BCUT2D eigenvalue weighted by molar-refractivity contribution is -0.120. The highest BCUT2D eigenvalue weighted by atomic mass is 19.1. The Morgan fingerprint density at radius 1 is 0.885 bits per heavy atom. The molecular formula is C21H19FN2O2. The maximum absolute atomic E-state index is 14.3. The number of nitrogens with zero attached hydrogens (tertiary/aromatic N) is 2. The monoisotopic (exact) mass is 350 g/mol. The molecule has 5 heteroatoms. The van der Waals surface area contributed by atoms with Crippen molar-refractivity contribution in [2.75, 3.05) is 18.0 Å². The second kappa shape index (κ2) is 6.41. The van der Waals surface area contributed by atoms with Crippen molar-refractivity contribution in [1.82, 2.24) is 4.90 Å². The van der Waals surface area contributed by atoms with E-state index in [0.29, 0.717) is 16.8 Å². The molecular weight excluding hydrogens is 331 g/mol. The van der Waals surface area contributed by atoms with Crippen molar-refractivity contribution in [2.24, 2.45) is 0 Å². The van der Waals surface area contributed by atoms with Gasteiger partial charge in [-0.1, -0.05) is 42.0 Å². The molecule has 0 bridgehead atoms. The molecule has 0 spiro atoms. The minimum absolute atomic E-state index is 0.00121. The summed E-state index contributed by atoms with van der Waals surface area (Å²) in [5.74, 6) is -1.50. The van der Waals surface area contributed by atoms with E-state index < -0.39 is 17.6 Å². The fourth-order valence-corrected chi connectivity index (χ4v) is 3.58. The van der Waals surface area contributed by atoms with E-state index >= 15 is 0 Å². The average molecular weight is 350 g/mol. The number of anilines is 1. The number of carbonyl (C=O) groups is 2. The number of hydrogen-bond donors (Lipinski definition) is 0. The second-order valence-electron chi connectivity index (χ2n) is 6.68. The number of carbonyl (C=O) groups excluding carboxylic acids is 2. The summed E-state index contributed by atoms with van der Waals surface area (Å²) in [6.45, 7) is 3.43. The van der Waals surface area contributed by atoms with Gasteiger partial charge in [-0.25, -0.2) is 9.29 Å². The van der Waals surface area contributed by atoms with Crippen LogP contribution in [0.2, 0.25) is 0 Å². The first kappa shape index (κ1) is 16.5. The molecule has 0 aromatic heterocycles. The smallest absolute Gasteiger partial charge is 0.282 e. The van der Waals surface area contributed by atoms with Crippen LogP contribution < -0.4 is 4.90 Å². The molecule has 1 saturated heterocycles. The molecule has 0 aliphatic carbocycles. The van der Waals surface area contributed by atoms with E-state index in [9.17, 15) is 14.0 Å². The third kappa shape index (κ3) is 2.60. The van der Waals surface area contributed by atoms with Crippen LogP contribution in [0.4, 0.5) is 10.1 Å². The molecule has 0 unspecified atom stereocenters. The molecule has 2 aromatic rings. The number of rotatable bonds is 3. The molecule has 2 heterocycles. The maximum Gasteiger partial charge on any atom is 0.282 e. The Morgan fingerprint density at radius 3 is 2.19 bits per heavy atom. The molecule has 0 atom stereocenters. The number of hydrogen-bond acceptors (Lipinski definition) is 3. The standard InChI is InChI=1S/C21H19FN2O2/c1-14-8-10-15(11-9-14)18-19(23-12-4-5-13-23)21(26)24(20(18)25)17-7-3-2-6-16(17)22/h2-3,6-11H,4-5,12-13H2,1H3. The molecule has 0 saturated carbocycles. The van der Waals surface area contributed by atoms with Gasteiger partial charge in [-0.05, 0) is 37.5 Å². The van der Waals surface area contributed by atoms with Crippen LogP contribution in [0.25, 0.3) is 5.57 Å². The van der Waals surface area contributed by atoms with Crippen LogP contribution >= 0.6 is 0 Å². The van der Waals surface area contributed by atoms with Crippen LogP contribution in [0.15, 0.2) is 54.2 Å². The minimum Gasteiger partial charge on any atom is -0.366 e. The average Bonchev–Trinajstić information content (AvgIpc) is 3.23. The van der Waals surface area contributed by atoms with Gasteiger partial charge in [0, 0.05) is 13.1 Å². The minimum atomic E-state index is -0.583. The molecule has 2 aromatic carbocycles. The van der Waals surface area contributed by atoms with Gasteiger partial charge in [0.05, 0.1) is 11.3 Å². The van der Waals surface area contributed by atoms with Gasteiger partial charge in [-0.15, -0.1) is 0 Å². The fraction of sp³-hybridized carbons (Fsp3) is 0.238. The summed E-state index contributed by atoms with van der Waals surface area (Å²) < 4.78 is 14.3. The fourth-order valence-electron chi connectivity index (χ4n) is 3.58. The quantitative estimate of drug-likeness (QED) is 0.796. The Balaban J connectivity index is 1.86. The van der Waals surface area contributed by atoms with Gasteiger partial charge in [0.2, 0.25) is 0 Å². The van der Waals surface area contributed by atoms with E-state index in [1.165, 1.54) is 12.1 Å². The third-order valence-corrected chi connectivity index (χ3v) is 4.92. The zero-order valence-electron chi connectivity index (χ0n) is 14.5. The van der Waals surface area contributed by atoms with E-state index in [-0.39, 0.29) is 5.69 Å². The highest BCUT2D eigenvalue weighted by Gasteiger charge is 2.43. The zero-order valence-corrected chi connectivity index (χ0v) is 14.5. The first-order valence-corrected chi connectivity index (χ1v) is 8.77. The summed E-state index contributed by atoms with van der Waals surface area (Å²) in [5.41, 5.74) is 2.51. The molecule has 2 aliphatic rings. The summed E-state index contributed by atoms with van der Waals surface area (Å²) in [6, 6.07) is 13.4. The van der Waals surface area contributed by atoms with Crippen LogP contribution in [0.3, 0.4) is 0 Å². The highest BCUT2D eigenvalue weighted by molar-refractivity contribution is 6.45. The van der Waals surface area contributed by atoms with Gasteiger partial charge >= 0.3 is 0 Å². The number of imide groups is 1. The Bertz CT molecular complexity index is 912. The van der Waals surface area contributed by atoms with Gasteiger partial charge < -0.3 is 4.90 Å². The molecule has 132 valence electrons. The Kier molecular flexibility index (Phi) is 4.07. The number of benzene rings is 2. The number of halogens is 1. The summed E-state index contributed by atoms with van der Waals surface area (Å²) in [7, 11) is 0. The lowest BCUT2D eigenvalue weighted by atomic mass is 10.0. The zero-order chi connectivity index (χ0) is 18.3. The molecule has 2 amide bonds. The van der Waals surface area contributed by atoms with E-state index in [1.807, 2.05) is 36.1 Å². The van der Waals surface area contributed by atoms with Gasteiger partial charge in [-0.3, -0.25) is 9.59 Å². The van der Waals surface area contributed by atoms with E-state index in [2.05, 4.69) is 0 Å². The van der Waals surface area contributed by atoms with Crippen molar-refractivity contribution in [3.8, 4) is 0 Å². The van der Waals surface area contributed by atoms with Crippen molar-refractivity contribution >= 4 is 23.1 Å². The Labute approximate surface area is 151 Å². The number of aryl methyl sites for hydroxylation is 1. The first-order valence-electron chi connectivity index (χ1n) is 8.77. The SMILES string of the molecule is Cc1ccc(C2=C(N3CCCC3)C(=O)N(c3ccccc3F)C2=O)cc1. The van der Waals surface area contributed by atoms with Gasteiger partial charge in [0.1, 0.15) is 11.5 Å². The largest absolute Gasteiger partial charge is 0.366 e. The highest BCUT2D eigenvalue weighted by Crippen LogP contribution is 2.36. The summed E-state index contributed by atoms with van der Waals surface area (Å²) >= 11 is 0. The second-order valence-corrected chi connectivity index (χ2v) is 6.68. The van der Waals surface area contributed by atoms with Crippen molar-refractivity contribution < 1.29 is 14.0 Å².